The Morgan fingerprint density at radius 1 is 1.03 bits per heavy atom. The maximum absolute atomic E-state index is 12.4. The molecule has 1 fully saturated rings. The van der Waals surface area contributed by atoms with E-state index in [1.54, 1.807) is 24.5 Å². The molecule has 0 radical (unpaired) electrons. The number of aromatic nitrogens is 3. The van der Waals surface area contributed by atoms with Gasteiger partial charge in [-0.05, 0) is 30.3 Å². The van der Waals surface area contributed by atoms with Crippen LogP contribution in [0.25, 0.3) is 11.3 Å². The predicted molar refractivity (Wildman–Crippen MR) is 107 cm³/mol. The fourth-order valence-electron chi connectivity index (χ4n) is 3.10. The van der Waals surface area contributed by atoms with Crippen molar-refractivity contribution in [1.29, 1.82) is 0 Å². The summed E-state index contributed by atoms with van der Waals surface area (Å²) >= 11 is 0. The second-order valence-corrected chi connectivity index (χ2v) is 6.61. The van der Waals surface area contributed by atoms with E-state index in [1.165, 1.54) is 18.2 Å². The lowest BCUT2D eigenvalue weighted by Crippen LogP contribution is -2.43. The van der Waals surface area contributed by atoms with E-state index in [2.05, 4.69) is 35.2 Å². The predicted octanol–water partition coefficient (Wildman–Crippen LogP) is 3.59. The van der Waals surface area contributed by atoms with Gasteiger partial charge in [-0.3, -0.25) is 0 Å². The number of nitrogens with zero attached hydrogens (tertiary/aromatic N) is 4. The summed E-state index contributed by atoms with van der Waals surface area (Å²) in [4.78, 5) is 15.3. The first-order valence-electron chi connectivity index (χ1n) is 9.34. The number of ether oxygens (including phenoxy) is 1. The van der Waals surface area contributed by atoms with Crippen molar-refractivity contribution >= 4 is 17.5 Å². The third kappa shape index (κ3) is 5.15. The van der Waals surface area contributed by atoms with Gasteiger partial charge in [-0.15, -0.1) is 13.2 Å². The molecule has 3 heterocycles. The van der Waals surface area contributed by atoms with E-state index >= 15 is 0 Å². The fraction of sp³-hybridized carbons (Fsp3) is 0.250. The molecule has 1 aliphatic heterocycles. The Hall–Kier alpha value is -3.40. The summed E-state index contributed by atoms with van der Waals surface area (Å²) in [5.41, 5.74) is 1.84. The SMILES string of the molecule is FC(F)(F)Oc1cccc(Nc2nccc(-c3ccc(N4CCNCC4)nc3)n2)c1. The number of benzene rings is 1. The lowest BCUT2D eigenvalue weighted by atomic mass is 10.2. The summed E-state index contributed by atoms with van der Waals surface area (Å²) in [6, 6.07) is 11.1. The third-order valence-corrected chi connectivity index (χ3v) is 4.46. The van der Waals surface area contributed by atoms with Crippen LogP contribution in [-0.4, -0.2) is 47.5 Å². The fourth-order valence-corrected chi connectivity index (χ4v) is 3.10. The molecule has 2 aromatic heterocycles. The van der Waals surface area contributed by atoms with Crippen molar-refractivity contribution in [2.24, 2.45) is 0 Å². The topological polar surface area (TPSA) is 75.2 Å². The van der Waals surface area contributed by atoms with Crippen LogP contribution in [0.5, 0.6) is 5.75 Å². The summed E-state index contributed by atoms with van der Waals surface area (Å²) < 4.78 is 41.2. The van der Waals surface area contributed by atoms with Crippen molar-refractivity contribution in [3.05, 3.63) is 54.9 Å². The van der Waals surface area contributed by atoms with Crippen LogP contribution in [0.3, 0.4) is 0 Å². The Bertz CT molecular complexity index is 990. The number of nitrogens with one attached hydrogen (secondary N) is 2. The van der Waals surface area contributed by atoms with Gasteiger partial charge in [0, 0.05) is 55.9 Å². The Balaban J connectivity index is 1.48. The van der Waals surface area contributed by atoms with Crippen molar-refractivity contribution in [2.75, 3.05) is 36.4 Å². The van der Waals surface area contributed by atoms with Gasteiger partial charge in [0.25, 0.3) is 0 Å². The molecular weight excluding hydrogens is 397 g/mol. The molecule has 10 heteroatoms. The molecule has 0 amide bonds. The van der Waals surface area contributed by atoms with Gasteiger partial charge in [-0.2, -0.15) is 0 Å². The Kier molecular flexibility index (Phi) is 5.66. The molecule has 0 unspecified atom stereocenters. The smallest absolute Gasteiger partial charge is 0.406 e. The van der Waals surface area contributed by atoms with Crippen LogP contribution >= 0.6 is 0 Å². The molecule has 0 spiro atoms. The Morgan fingerprint density at radius 2 is 1.87 bits per heavy atom. The number of anilines is 3. The standard InChI is InChI=1S/C20H19F3N6O/c21-20(22,23)30-16-3-1-2-15(12-16)27-19-25-7-6-17(28-19)14-4-5-18(26-13-14)29-10-8-24-9-11-29/h1-7,12-13,24H,8-11H2,(H,25,27,28). The minimum absolute atomic E-state index is 0.253. The van der Waals surface area contributed by atoms with Crippen LogP contribution in [0.2, 0.25) is 0 Å². The van der Waals surface area contributed by atoms with E-state index < -0.39 is 6.36 Å². The Morgan fingerprint density at radius 3 is 2.60 bits per heavy atom. The summed E-state index contributed by atoms with van der Waals surface area (Å²) in [6.45, 7) is 3.68. The molecule has 4 rings (SSSR count). The van der Waals surface area contributed by atoms with Gasteiger partial charge in [-0.1, -0.05) is 6.07 Å². The molecule has 0 atom stereocenters. The summed E-state index contributed by atoms with van der Waals surface area (Å²) in [5, 5.41) is 6.20. The van der Waals surface area contributed by atoms with Gasteiger partial charge in [0.05, 0.1) is 5.69 Å². The van der Waals surface area contributed by atoms with Crippen LogP contribution in [-0.2, 0) is 0 Å². The first kappa shape index (κ1) is 19.9. The molecule has 0 saturated carbocycles. The van der Waals surface area contributed by atoms with Crippen molar-refractivity contribution in [1.82, 2.24) is 20.3 Å². The average Bonchev–Trinajstić information content (AvgIpc) is 2.74. The van der Waals surface area contributed by atoms with Crippen LogP contribution in [0.15, 0.2) is 54.9 Å². The second-order valence-electron chi connectivity index (χ2n) is 6.61. The lowest BCUT2D eigenvalue weighted by molar-refractivity contribution is -0.274. The lowest BCUT2D eigenvalue weighted by Gasteiger charge is -2.28. The highest BCUT2D eigenvalue weighted by Crippen LogP contribution is 2.26. The van der Waals surface area contributed by atoms with E-state index in [4.69, 9.17) is 0 Å². The van der Waals surface area contributed by atoms with Crippen LogP contribution in [0.1, 0.15) is 0 Å². The number of hydrogen-bond donors (Lipinski definition) is 2. The number of alkyl halides is 3. The number of halogens is 3. The van der Waals surface area contributed by atoms with Crippen LogP contribution in [0, 0.1) is 0 Å². The summed E-state index contributed by atoms with van der Waals surface area (Å²) in [6.07, 6.45) is -1.43. The summed E-state index contributed by atoms with van der Waals surface area (Å²) in [7, 11) is 0. The molecule has 1 aromatic carbocycles. The molecular formula is C20H19F3N6O. The molecule has 156 valence electrons. The van der Waals surface area contributed by atoms with Crippen LogP contribution < -0.4 is 20.3 Å². The molecule has 7 nitrogen and oxygen atoms in total. The first-order valence-corrected chi connectivity index (χ1v) is 9.34. The molecule has 2 N–H and O–H groups in total. The van der Waals surface area contributed by atoms with Gasteiger partial charge in [0.2, 0.25) is 5.95 Å². The minimum Gasteiger partial charge on any atom is -0.406 e. The van der Waals surface area contributed by atoms with E-state index in [1.807, 2.05) is 12.1 Å². The number of rotatable bonds is 5. The van der Waals surface area contributed by atoms with Crippen molar-refractivity contribution in [3.8, 4) is 17.0 Å². The van der Waals surface area contributed by atoms with E-state index in [-0.39, 0.29) is 11.7 Å². The highest BCUT2D eigenvalue weighted by molar-refractivity contribution is 5.63. The third-order valence-electron chi connectivity index (χ3n) is 4.46. The van der Waals surface area contributed by atoms with Crippen molar-refractivity contribution in [3.63, 3.8) is 0 Å². The van der Waals surface area contributed by atoms with Crippen molar-refractivity contribution in [2.45, 2.75) is 6.36 Å². The maximum atomic E-state index is 12.4. The monoisotopic (exact) mass is 416 g/mol. The molecule has 1 aliphatic rings. The van der Waals surface area contributed by atoms with Gasteiger partial charge in [0.15, 0.2) is 0 Å². The van der Waals surface area contributed by atoms with E-state index in [0.29, 0.717) is 11.4 Å². The minimum atomic E-state index is -4.75. The highest BCUT2D eigenvalue weighted by atomic mass is 19.4. The highest BCUT2D eigenvalue weighted by Gasteiger charge is 2.31. The second kappa shape index (κ2) is 8.54. The Labute approximate surface area is 170 Å². The van der Waals surface area contributed by atoms with Gasteiger partial charge in [0.1, 0.15) is 11.6 Å². The van der Waals surface area contributed by atoms with Gasteiger partial charge in [-0.25, -0.2) is 15.0 Å². The number of piperazine rings is 1. The normalized spacial score (nSPS) is 14.4. The zero-order chi connectivity index (χ0) is 21.0. The van der Waals surface area contributed by atoms with Gasteiger partial charge >= 0.3 is 6.36 Å². The van der Waals surface area contributed by atoms with E-state index in [0.717, 1.165) is 37.6 Å². The summed E-state index contributed by atoms with van der Waals surface area (Å²) in [5.74, 6) is 0.841. The maximum Gasteiger partial charge on any atom is 0.573 e. The quantitative estimate of drug-likeness (QED) is 0.658. The molecule has 0 bridgehead atoms. The molecule has 30 heavy (non-hydrogen) atoms. The molecule has 0 aliphatic carbocycles. The van der Waals surface area contributed by atoms with E-state index in [9.17, 15) is 13.2 Å². The van der Waals surface area contributed by atoms with Gasteiger partial charge < -0.3 is 20.3 Å². The van der Waals surface area contributed by atoms with Crippen LogP contribution in [0.4, 0.5) is 30.6 Å². The zero-order valence-electron chi connectivity index (χ0n) is 15.9. The largest absolute Gasteiger partial charge is 0.573 e. The number of hydrogen-bond acceptors (Lipinski definition) is 7. The molecule has 1 saturated heterocycles. The first-order chi connectivity index (χ1) is 14.5. The average molecular weight is 416 g/mol. The van der Waals surface area contributed by atoms with Crippen molar-refractivity contribution < 1.29 is 17.9 Å². The molecule has 3 aromatic rings. The zero-order valence-corrected chi connectivity index (χ0v) is 15.9. The number of pyridine rings is 1.